The van der Waals surface area contributed by atoms with Crippen LogP contribution in [0.2, 0.25) is 15.5 Å². The Bertz CT molecular complexity index is 3200. The quantitative estimate of drug-likeness (QED) is 0.0696. The number of amides is 6. The van der Waals surface area contributed by atoms with Gasteiger partial charge in [0.05, 0.1) is 39.6 Å². The lowest BCUT2D eigenvalue weighted by Gasteiger charge is -2.28. The molecule has 5 aliphatic rings. The third-order valence-electron chi connectivity index (χ3n) is 15.2. The highest BCUT2D eigenvalue weighted by atomic mass is 35.5. The zero-order chi connectivity index (χ0) is 68.8. The van der Waals surface area contributed by atoms with E-state index in [1.165, 1.54) is 0 Å². The number of nitrogens with one attached hydrogen (secondary N) is 3. The van der Waals surface area contributed by atoms with E-state index >= 15 is 0 Å². The minimum absolute atomic E-state index is 0.0198. The number of alkyl carbamates (subject to hydrolysis) is 2. The first-order valence-electron chi connectivity index (χ1n) is 29.4. The SMILES string of the molecule is CC(C)(C)OC(=O)NC1(C(=O)O)CCCC1.CC(C)(C)OC(=O)NC1(C(N)=O)CCCC1.N#Cc1cc(F)c(Cl)nc1Cl.N#Cc1cc(F)c(NC2(C(N)=O)CCCC2)nc1Cl.NC(=O)C1(N)CCCC1.NC(=O)C1(N)CCCC1.Nc1cnc2ccccc2c1. The molecule has 5 aliphatic carbocycles. The molecule has 25 nitrogen and oxygen atoms in total. The van der Waals surface area contributed by atoms with Crippen LogP contribution in [0.15, 0.2) is 48.7 Å². The molecule has 6 amide bonds. The van der Waals surface area contributed by atoms with Gasteiger partial charge in [0.1, 0.15) is 50.3 Å². The maximum Gasteiger partial charge on any atom is 0.408 e. The molecule has 0 atom stereocenters. The van der Waals surface area contributed by atoms with Gasteiger partial charge < -0.3 is 70.7 Å². The van der Waals surface area contributed by atoms with E-state index < -0.39 is 80.5 Å². The predicted molar refractivity (Wildman–Crippen MR) is 340 cm³/mol. The summed E-state index contributed by atoms with van der Waals surface area (Å²) in [6.07, 6.45) is 16.0. The fraction of sp³-hybridized carbons (Fsp3) is 0.541. The van der Waals surface area contributed by atoms with Crippen LogP contribution in [0.3, 0.4) is 0 Å². The molecule has 3 heterocycles. The van der Waals surface area contributed by atoms with Crippen molar-refractivity contribution in [3.63, 3.8) is 0 Å². The number of halogens is 5. The van der Waals surface area contributed by atoms with Crippen molar-refractivity contribution in [3.05, 3.63) is 86.9 Å². The number of anilines is 2. The smallest absolute Gasteiger partial charge is 0.408 e. The summed E-state index contributed by atoms with van der Waals surface area (Å²) in [4.78, 5) is 89.8. The van der Waals surface area contributed by atoms with Crippen LogP contribution < -0.4 is 56.1 Å². The van der Waals surface area contributed by atoms with Gasteiger partial charge in [0.2, 0.25) is 23.6 Å². The number of rotatable bonds is 9. The molecule has 0 saturated heterocycles. The Morgan fingerprint density at radius 1 is 0.560 bits per heavy atom. The van der Waals surface area contributed by atoms with E-state index in [0.29, 0.717) is 44.2 Å². The number of nitrogens with zero attached hydrogens (tertiary/aromatic N) is 5. The summed E-state index contributed by atoms with van der Waals surface area (Å²) in [5, 5.41) is 34.6. The van der Waals surface area contributed by atoms with Crippen LogP contribution in [0.25, 0.3) is 10.9 Å². The fourth-order valence-electron chi connectivity index (χ4n) is 10.2. The predicted octanol–water partition coefficient (Wildman–Crippen LogP) is 8.88. The highest BCUT2D eigenvalue weighted by molar-refractivity contribution is 6.33. The number of carbonyl (C=O) groups is 7. The molecular weight excluding hydrogens is 1250 g/mol. The van der Waals surface area contributed by atoms with Gasteiger partial charge in [0, 0.05) is 5.39 Å². The van der Waals surface area contributed by atoms with E-state index in [9.17, 15) is 42.3 Å². The minimum atomic E-state index is -1.12. The maximum atomic E-state index is 13.8. The van der Waals surface area contributed by atoms with Gasteiger partial charge in [0.25, 0.3) is 0 Å². The van der Waals surface area contributed by atoms with Gasteiger partial charge in [-0.2, -0.15) is 10.5 Å². The molecule has 0 bridgehead atoms. The molecule has 5 fully saturated rings. The number of nitriles is 2. The number of fused-ring (bicyclic) bond motifs is 1. The van der Waals surface area contributed by atoms with Crippen molar-refractivity contribution in [3.8, 4) is 12.1 Å². The van der Waals surface area contributed by atoms with Crippen molar-refractivity contribution >= 4 is 99.0 Å². The molecule has 18 N–H and O–H groups in total. The lowest BCUT2D eigenvalue weighted by molar-refractivity contribution is -0.144. The molecule has 9 rings (SSSR count). The molecular formula is C61H84Cl3F2N15O10. The van der Waals surface area contributed by atoms with Gasteiger partial charge in [-0.05, 0) is 130 Å². The molecule has 4 aromatic rings. The topological polar surface area (TPSA) is 463 Å². The van der Waals surface area contributed by atoms with Crippen molar-refractivity contribution in [1.29, 1.82) is 10.5 Å². The van der Waals surface area contributed by atoms with Crippen LogP contribution in [0.5, 0.6) is 0 Å². The van der Waals surface area contributed by atoms with Crippen LogP contribution in [0.1, 0.15) is 181 Å². The van der Waals surface area contributed by atoms with Crippen LogP contribution in [0.4, 0.5) is 29.9 Å². The standard InChI is InChI=1S/C12H12ClFN4O.C11H20N2O3.C11H19NO4.C9H8N2.C6HCl2FN2.2C6H12N2O/c13-9-7(6-15)5-8(14)10(17-9)18-12(11(16)19)3-1-2-4-12;1-10(2,3)16-9(15)13-11(8(12)14)6-4-5-7-11;1-10(2,3)16-9(15)12-11(8(13)14)6-4-5-7-11;10-8-5-7-3-1-2-4-9(7)11-6-8;7-5-3(2-10)1-4(9)6(8)11-5;2*7-5(9)6(8)3-1-2-4-6/h5H,1-4H2,(H2,16,19)(H,17,18);4-7H2,1-3H3,(H2,12,14)(H,13,15);4-7H2,1-3H3,(H,12,15)(H,13,14);1-6H,10H2;1H;2*1-4,8H2,(H2,7,9). The molecule has 0 unspecified atom stereocenters. The number of ether oxygens (including phenoxy) is 2. The molecule has 91 heavy (non-hydrogen) atoms. The number of aliphatic carboxylic acids is 1. The van der Waals surface area contributed by atoms with Gasteiger partial charge in [-0.3, -0.25) is 24.2 Å². The summed E-state index contributed by atoms with van der Waals surface area (Å²) >= 11 is 16.4. The molecule has 5 saturated carbocycles. The van der Waals surface area contributed by atoms with Crippen molar-refractivity contribution in [2.75, 3.05) is 11.1 Å². The monoisotopic (exact) mass is 1330 g/mol. The van der Waals surface area contributed by atoms with E-state index in [0.717, 1.165) is 113 Å². The second-order valence-electron chi connectivity index (χ2n) is 24.7. The van der Waals surface area contributed by atoms with E-state index in [1.54, 1.807) is 59.9 Å². The Hall–Kier alpha value is -7.95. The molecule has 0 spiro atoms. The van der Waals surface area contributed by atoms with E-state index in [2.05, 4.69) is 30.9 Å². The first kappa shape index (κ1) is 77.3. The fourth-order valence-corrected chi connectivity index (χ4v) is 10.7. The van der Waals surface area contributed by atoms with Crippen molar-refractivity contribution in [2.24, 2.45) is 34.4 Å². The number of nitrogens with two attached hydrogens (primary N) is 7. The number of aromatic nitrogens is 3. The van der Waals surface area contributed by atoms with Crippen LogP contribution in [-0.4, -0.2) is 101 Å². The largest absolute Gasteiger partial charge is 0.480 e. The normalized spacial score (nSPS) is 17.4. The second kappa shape index (κ2) is 33.9. The molecule has 1 aromatic carbocycles. The number of benzene rings is 1. The number of carboxylic acids is 1. The number of para-hydroxylation sites is 1. The van der Waals surface area contributed by atoms with Crippen LogP contribution in [0, 0.1) is 34.3 Å². The van der Waals surface area contributed by atoms with Gasteiger partial charge in [0.15, 0.2) is 22.6 Å². The third kappa shape index (κ3) is 24.0. The number of carboxylic acid groups (broad SMARTS) is 1. The Labute approximate surface area is 542 Å². The average molecular weight is 1330 g/mol. The van der Waals surface area contributed by atoms with Gasteiger partial charge in [-0.25, -0.2) is 33.1 Å². The third-order valence-corrected chi connectivity index (χ3v) is 16.0. The summed E-state index contributed by atoms with van der Waals surface area (Å²) in [6.45, 7) is 10.6. The summed E-state index contributed by atoms with van der Waals surface area (Å²) in [7, 11) is 0. The van der Waals surface area contributed by atoms with E-state index in [4.69, 9.17) is 100 Å². The Morgan fingerprint density at radius 2 is 0.934 bits per heavy atom. The number of hydrogen-bond donors (Lipinski definition) is 11. The first-order valence-corrected chi connectivity index (χ1v) is 30.5. The molecule has 0 radical (unpaired) electrons. The lowest BCUT2D eigenvalue weighted by Crippen LogP contribution is -2.56. The summed E-state index contributed by atoms with van der Waals surface area (Å²) in [5.41, 5.74) is 33.8. The summed E-state index contributed by atoms with van der Waals surface area (Å²) < 4.78 is 36.5. The maximum absolute atomic E-state index is 13.8. The van der Waals surface area contributed by atoms with Gasteiger partial charge in [-0.1, -0.05) is 117 Å². The second-order valence-corrected chi connectivity index (χ2v) is 25.8. The first-order chi connectivity index (χ1) is 42.3. The van der Waals surface area contributed by atoms with Crippen molar-refractivity contribution < 1.29 is 56.9 Å². The number of carbonyl (C=O) groups excluding carboxylic acids is 6. The number of primary amides is 4. The Morgan fingerprint density at radius 3 is 1.32 bits per heavy atom. The minimum Gasteiger partial charge on any atom is -0.480 e. The summed E-state index contributed by atoms with van der Waals surface area (Å²) in [6, 6.07) is 15.2. The highest BCUT2D eigenvalue weighted by Gasteiger charge is 2.45. The molecule has 498 valence electrons. The van der Waals surface area contributed by atoms with Crippen LogP contribution in [-0.2, 0) is 33.4 Å². The summed E-state index contributed by atoms with van der Waals surface area (Å²) in [5.74, 6) is -4.30. The molecule has 30 heteroatoms. The number of pyridine rings is 3. The van der Waals surface area contributed by atoms with Gasteiger partial charge >= 0.3 is 18.2 Å². The Kier molecular flexibility index (Phi) is 28.8. The zero-order valence-corrected chi connectivity index (χ0v) is 54.3. The average Bonchev–Trinajstić information content (AvgIpc) is 2.13. The van der Waals surface area contributed by atoms with Crippen molar-refractivity contribution in [2.45, 2.75) is 209 Å². The molecule has 0 aliphatic heterocycles. The Balaban J connectivity index is 0.000000282. The lowest BCUT2D eigenvalue weighted by atomic mass is 9.97. The van der Waals surface area contributed by atoms with Crippen molar-refractivity contribution in [1.82, 2.24) is 25.6 Å². The van der Waals surface area contributed by atoms with Gasteiger partial charge in [-0.15, -0.1) is 0 Å². The van der Waals surface area contributed by atoms with E-state index in [1.807, 2.05) is 30.3 Å². The highest BCUT2D eigenvalue weighted by Crippen LogP contribution is 2.35. The van der Waals surface area contributed by atoms with Crippen LogP contribution >= 0.6 is 34.8 Å². The number of nitrogen functional groups attached to an aromatic ring is 1. The number of hydrogen-bond acceptors (Lipinski definition) is 18. The zero-order valence-electron chi connectivity index (χ0n) is 52.0. The molecule has 3 aromatic heterocycles. The van der Waals surface area contributed by atoms with E-state index in [-0.39, 0.29) is 44.2 Å².